The number of rotatable bonds is 8. The zero-order chi connectivity index (χ0) is 20.7. The first-order valence-electron chi connectivity index (χ1n) is 10.5. The van der Waals surface area contributed by atoms with Crippen LogP contribution in [0.4, 0.5) is 0 Å². The monoisotopic (exact) mass is 387 g/mol. The first-order valence-corrected chi connectivity index (χ1v) is 10.5. The third kappa shape index (κ3) is 6.33. The lowest BCUT2D eigenvalue weighted by Crippen LogP contribution is -2.43. The number of carbonyl (C=O) groups is 2. The van der Waals surface area contributed by atoms with E-state index in [0.29, 0.717) is 30.1 Å². The summed E-state index contributed by atoms with van der Waals surface area (Å²) in [7, 11) is 3.58. The lowest BCUT2D eigenvalue weighted by molar-refractivity contribution is -0.123. The van der Waals surface area contributed by atoms with Crippen molar-refractivity contribution in [3.8, 4) is 0 Å². The lowest BCUT2D eigenvalue weighted by atomic mass is 9.69. The molecule has 0 spiro atoms. The predicted octanol–water partition coefficient (Wildman–Crippen LogP) is 3.59. The van der Waals surface area contributed by atoms with Gasteiger partial charge in [0.15, 0.2) is 0 Å². The standard InChI is InChI=1S/C23H37N3O2/c1-6-23(2,3)19-11-13-20(14-12-19)25-21(27)16-26(5)15-17-7-9-18(10-8-17)22(28)24-4/h7-10,19-20H,6,11-16H2,1-5H3,(H,24,28)(H,25,27). The van der Waals surface area contributed by atoms with Crippen molar-refractivity contribution in [2.45, 2.75) is 65.5 Å². The molecule has 0 saturated heterocycles. The molecule has 0 aromatic heterocycles. The largest absolute Gasteiger partial charge is 0.355 e. The molecule has 5 heteroatoms. The maximum atomic E-state index is 12.4. The molecular formula is C23H37N3O2. The molecule has 5 nitrogen and oxygen atoms in total. The van der Waals surface area contributed by atoms with Gasteiger partial charge in [-0.25, -0.2) is 0 Å². The number of likely N-dealkylation sites (N-methyl/N-ethyl adjacent to an activating group) is 1. The van der Waals surface area contributed by atoms with Gasteiger partial charge in [-0.2, -0.15) is 0 Å². The summed E-state index contributed by atoms with van der Waals surface area (Å²) in [6, 6.07) is 7.83. The molecule has 1 saturated carbocycles. The van der Waals surface area contributed by atoms with E-state index < -0.39 is 0 Å². The van der Waals surface area contributed by atoms with E-state index in [-0.39, 0.29) is 11.8 Å². The quantitative estimate of drug-likeness (QED) is 0.717. The maximum absolute atomic E-state index is 12.4. The van der Waals surface area contributed by atoms with Gasteiger partial charge in [0.05, 0.1) is 6.54 Å². The van der Waals surface area contributed by atoms with Crippen LogP contribution in [0, 0.1) is 11.3 Å². The Morgan fingerprint density at radius 1 is 1.11 bits per heavy atom. The number of hydrogen-bond donors (Lipinski definition) is 2. The van der Waals surface area contributed by atoms with Gasteiger partial charge in [-0.1, -0.05) is 39.3 Å². The number of benzene rings is 1. The molecule has 1 aromatic rings. The van der Waals surface area contributed by atoms with Crippen LogP contribution < -0.4 is 10.6 Å². The van der Waals surface area contributed by atoms with Crippen LogP contribution in [0.3, 0.4) is 0 Å². The minimum Gasteiger partial charge on any atom is -0.355 e. The van der Waals surface area contributed by atoms with Gasteiger partial charge in [-0.3, -0.25) is 14.5 Å². The van der Waals surface area contributed by atoms with Crippen LogP contribution in [-0.4, -0.2) is 43.4 Å². The van der Waals surface area contributed by atoms with Crippen LogP contribution in [0.2, 0.25) is 0 Å². The smallest absolute Gasteiger partial charge is 0.251 e. The number of carbonyl (C=O) groups excluding carboxylic acids is 2. The third-order valence-corrected chi connectivity index (χ3v) is 6.42. The fraction of sp³-hybridized carbons (Fsp3) is 0.652. The van der Waals surface area contributed by atoms with Crippen LogP contribution in [0.25, 0.3) is 0 Å². The maximum Gasteiger partial charge on any atom is 0.251 e. The summed E-state index contributed by atoms with van der Waals surface area (Å²) in [5, 5.41) is 5.84. The number of nitrogens with zero attached hydrogens (tertiary/aromatic N) is 1. The minimum atomic E-state index is -0.0867. The Hall–Kier alpha value is -1.88. The molecule has 156 valence electrons. The molecule has 28 heavy (non-hydrogen) atoms. The van der Waals surface area contributed by atoms with Gasteiger partial charge in [0, 0.05) is 25.2 Å². The molecule has 2 N–H and O–H groups in total. The Balaban J connectivity index is 1.75. The second-order valence-electron chi connectivity index (χ2n) is 8.91. The van der Waals surface area contributed by atoms with E-state index >= 15 is 0 Å². The summed E-state index contributed by atoms with van der Waals surface area (Å²) < 4.78 is 0. The van der Waals surface area contributed by atoms with Gasteiger partial charge < -0.3 is 10.6 Å². The molecule has 0 bridgehead atoms. The van der Waals surface area contributed by atoms with Crippen LogP contribution >= 0.6 is 0 Å². The highest BCUT2D eigenvalue weighted by atomic mass is 16.2. The van der Waals surface area contributed by atoms with Crippen molar-refractivity contribution in [1.29, 1.82) is 0 Å². The van der Waals surface area contributed by atoms with Gasteiger partial charge >= 0.3 is 0 Å². The number of hydrogen-bond acceptors (Lipinski definition) is 3. The summed E-state index contributed by atoms with van der Waals surface area (Å²) in [5.41, 5.74) is 2.14. The van der Waals surface area contributed by atoms with Crippen molar-refractivity contribution >= 4 is 11.8 Å². The first kappa shape index (κ1) is 22.4. The van der Waals surface area contributed by atoms with Crippen LogP contribution in [-0.2, 0) is 11.3 Å². The Morgan fingerprint density at radius 2 is 1.71 bits per heavy atom. The SMILES string of the molecule is CCC(C)(C)C1CCC(NC(=O)CN(C)Cc2ccc(C(=O)NC)cc2)CC1. The molecule has 0 radical (unpaired) electrons. The van der Waals surface area contributed by atoms with E-state index in [2.05, 4.69) is 31.4 Å². The molecule has 2 amide bonds. The normalized spacial score (nSPS) is 20.1. The minimum absolute atomic E-state index is 0.0867. The van der Waals surface area contributed by atoms with Gasteiger partial charge in [0.1, 0.15) is 0 Å². The fourth-order valence-corrected chi connectivity index (χ4v) is 4.10. The Labute approximate surface area is 170 Å². The Morgan fingerprint density at radius 3 is 2.25 bits per heavy atom. The van der Waals surface area contributed by atoms with E-state index in [9.17, 15) is 9.59 Å². The van der Waals surface area contributed by atoms with E-state index in [1.54, 1.807) is 7.05 Å². The number of amides is 2. The van der Waals surface area contributed by atoms with Crippen molar-refractivity contribution in [3.05, 3.63) is 35.4 Å². The van der Waals surface area contributed by atoms with E-state index in [1.807, 2.05) is 36.2 Å². The Kier molecular flexibility index (Phi) is 8.05. The third-order valence-electron chi connectivity index (χ3n) is 6.42. The van der Waals surface area contributed by atoms with E-state index in [4.69, 9.17) is 0 Å². The van der Waals surface area contributed by atoms with Gasteiger partial charge in [-0.05, 0) is 61.8 Å². The summed E-state index contributed by atoms with van der Waals surface area (Å²) in [4.78, 5) is 26.0. The second-order valence-corrected chi connectivity index (χ2v) is 8.91. The molecular weight excluding hydrogens is 350 g/mol. The highest BCUT2D eigenvalue weighted by molar-refractivity contribution is 5.93. The highest BCUT2D eigenvalue weighted by Crippen LogP contribution is 2.40. The number of nitrogens with one attached hydrogen (secondary N) is 2. The second kappa shape index (κ2) is 10.1. The molecule has 1 aliphatic rings. The average Bonchev–Trinajstić information content (AvgIpc) is 2.68. The average molecular weight is 388 g/mol. The predicted molar refractivity (Wildman–Crippen MR) is 114 cm³/mol. The molecule has 1 aliphatic carbocycles. The van der Waals surface area contributed by atoms with Crippen molar-refractivity contribution < 1.29 is 9.59 Å². The topological polar surface area (TPSA) is 61.4 Å². The summed E-state index contributed by atoms with van der Waals surface area (Å²) >= 11 is 0. The van der Waals surface area contributed by atoms with Gasteiger partial charge in [-0.15, -0.1) is 0 Å². The van der Waals surface area contributed by atoms with Crippen molar-refractivity contribution in [3.63, 3.8) is 0 Å². The summed E-state index contributed by atoms with van der Waals surface area (Å²) in [6.07, 6.45) is 5.80. The van der Waals surface area contributed by atoms with Crippen molar-refractivity contribution in [1.82, 2.24) is 15.5 Å². The molecule has 1 fully saturated rings. The van der Waals surface area contributed by atoms with Crippen LogP contribution in [0.15, 0.2) is 24.3 Å². The zero-order valence-corrected chi connectivity index (χ0v) is 18.2. The van der Waals surface area contributed by atoms with Gasteiger partial charge in [0.2, 0.25) is 5.91 Å². The molecule has 0 atom stereocenters. The molecule has 1 aromatic carbocycles. The summed E-state index contributed by atoms with van der Waals surface area (Å²) in [6.45, 7) is 8.08. The zero-order valence-electron chi connectivity index (χ0n) is 18.2. The molecule has 0 unspecified atom stereocenters. The van der Waals surface area contributed by atoms with E-state index in [0.717, 1.165) is 24.3 Å². The molecule has 0 heterocycles. The van der Waals surface area contributed by atoms with Gasteiger partial charge in [0.25, 0.3) is 5.91 Å². The van der Waals surface area contributed by atoms with Crippen LogP contribution in [0.1, 0.15) is 68.8 Å². The van der Waals surface area contributed by atoms with Crippen LogP contribution in [0.5, 0.6) is 0 Å². The van der Waals surface area contributed by atoms with E-state index in [1.165, 1.54) is 19.3 Å². The first-order chi connectivity index (χ1) is 13.2. The summed E-state index contributed by atoms with van der Waals surface area (Å²) in [5.74, 6) is 0.782. The molecule has 0 aliphatic heterocycles. The van der Waals surface area contributed by atoms with Crippen molar-refractivity contribution in [2.24, 2.45) is 11.3 Å². The Bertz CT molecular complexity index is 646. The lowest BCUT2D eigenvalue weighted by Gasteiger charge is -2.39. The molecule has 2 rings (SSSR count). The fourth-order valence-electron chi connectivity index (χ4n) is 4.10. The van der Waals surface area contributed by atoms with Crippen molar-refractivity contribution in [2.75, 3.05) is 20.6 Å². The highest BCUT2D eigenvalue weighted by Gasteiger charge is 2.32.